The quantitative estimate of drug-likeness (QED) is 0.813. The number of carboxylic acid groups (broad SMARTS) is 1. The van der Waals surface area contributed by atoms with Crippen LogP contribution < -0.4 is 0 Å². The molecule has 0 aliphatic rings. The lowest BCUT2D eigenvalue weighted by Gasteiger charge is -2.32. The molecule has 1 N–H and O–H groups in total. The number of alkyl halides is 10. The second kappa shape index (κ2) is 4.16. The third-order valence-corrected chi connectivity index (χ3v) is 1.71. The molecule has 0 fully saturated rings. The van der Waals surface area contributed by atoms with Crippen LogP contribution in [0.1, 0.15) is 0 Å². The van der Waals surface area contributed by atoms with Crippen molar-refractivity contribution in [1.82, 2.24) is 0 Å². The van der Waals surface area contributed by atoms with Crippen molar-refractivity contribution >= 4 is 5.97 Å². The number of halogens is 10. The van der Waals surface area contributed by atoms with Crippen LogP contribution in [0.15, 0.2) is 0 Å². The molecular formula is C6H2F10O2. The number of hydrogen-bond donors (Lipinski definition) is 1. The van der Waals surface area contributed by atoms with Crippen molar-refractivity contribution in [2.45, 2.75) is 24.2 Å². The van der Waals surface area contributed by atoms with Crippen molar-refractivity contribution in [3.63, 3.8) is 0 Å². The van der Waals surface area contributed by atoms with Gasteiger partial charge in [0.25, 0.3) is 0 Å². The molecule has 0 aliphatic carbocycles. The summed E-state index contributed by atoms with van der Waals surface area (Å²) in [7, 11) is 0. The van der Waals surface area contributed by atoms with Crippen molar-refractivity contribution in [3.8, 4) is 0 Å². The van der Waals surface area contributed by atoms with Crippen LogP contribution in [0.25, 0.3) is 0 Å². The summed E-state index contributed by atoms with van der Waals surface area (Å²) in [6.45, 7) is 0. The smallest absolute Gasteiger partial charge is 0.459 e. The lowest BCUT2D eigenvalue weighted by molar-refractivity contribution is -0.382. The lowest BCUT2D eigenvalue weighted by Crippen LogP contribution is -2.60. The van der Waals surface area contributed by atoms with E-state index in [1.807, 2.05) is 0 Å². The molecule has 2 nitrogen and oxygen atoms in total. The van der Waals surface area contributed by atoms with E-state index in [1.165, 1.54) is 0 Å². The van der Waals surface area contributed by atoms with Crippen molar-refractivity contribution < 1.29 is 53.8 Å². The van der Waals surface area contributed by atoms with Crippen LogP contribution >= 0.6 is 0 Å². The van der Waals surface area contributed by atoms with Gasteiger partial charge in [-0.25, -0.2) is 0 Å². The fourth-order valence-corrected chi connectivity index (χ4v) is 0.871. The second-order valence-electron chi connectivity index (χ2n) is 3.01. The highest BCUT2D eigenvalue weighted by molar-refractivity contribution is 5.72. The number of carboxylic acids is 1. The van der Waals surface area contributed by atoms with Crippen molar-refractivity contribution in [1.29, 1.82) is 0 Å². The minimum atomic E-state index is -7.14. The Morgan fingerprint density at radius 3 is 1.33 bits per heavy atom. The average molecular weight is 296 g/mol. The number of rotatable bonds is 3. The fraction of sp³-hybridized carbons (Fsp3) is 0.833. The predicted octanol–water partition coefficient (Wildman–Crippen LogP) is 3.08. The van der Waals surface area contributed by atoms with E-state index in [4.69, 9.17) is 5.11 Å². The van der Waals surface area contributed by atoms with Gasteiger partial charge in [-0.1, -0.05) is 0 Å². The van der Waals surface area contributed by atoms with Crippen LogP contribution in [0.3, 0.4) is 0 Å². The van der Waals surface area contributed by atoms with Crippen molar-refractivity contribution in [3.05, 3.63) is 0 Å². The molecule has 0 spiro atoms. The molecular weight excluding hydrogens is 294 g/mol. The number of aliphatic carboxylic acids is 1. The van der Waals surface area contributed by atoms with Crippen LogP contribution in [-0.4, -0.2) is 35.3 Å². The van der Waals surface area contributed by atoms with Crippen LogP contribution in [-0.2, 0) is 4.79 Å². The standard InChI is InChI=1S/C6H2F10O2/c7-3(8,5(12,13)6(14,15)16)1(2(17)18)4(9,10)11/h1H,(H,17,18). The van der Waals surface area contributed by atoms with Gasteiger partial charge in [-0.05, 0) is 0 Å². The molecule has 0 amide bonds. The van der Waals surface area contributed by atoms with Gasteiger partial charge in [0.05, 0.1) is 0 Å². The maximum Gasteiger partial charge on any atom is 0.459 e. The molecule has 0 aromatic heterocycles. The van der Waals surface area contributed by atoms with Gasteiger partial charge in [-0.2, -0.15) is 43.9 Å². The van der Waals surface area contributed by atoms with E-state index in [9.17, 15) is 48.7 Å². The van der Waals surface area contributed by atoms with E-state index < -0.39 is 36.1 Å². The van der Waals surface area contributed by atoms with Gasteiger partial charge >= 0.3 is 30.2 Å². The van der Waals surface area contributed by atoms with Gasteiger partial charge in [0.2, 0.25) is 5.92 Å². The molecule has 12 heteroatoms. The second-order valence-corrected chi connectivity index (χ2v) is 3.01. The third kappa shape index (κ3) is 2.61. The zero-order valence-electron chi connectivity index (χ0n) is 7.71. The molecule has 0 bridgehead atoms. The topological polar surface area (TPSA) is 37.3 Å². The molecule has 0 aliphatic heterocycles. The SMILES string of the molecule is O=C(O)C(C(F)(F)F)C(F)(F)C(F)(F)C(F)(F)F. The highest BCUT2D eigenvalue weighted by Gasteiger charge is 2.80. The minimum Gasteiger partial charge on any atom is -0.481 e. The monoisotopic (exact) mass is 296 g/mol. The Morgan fingerprint density at radius 2 is 1.17 bits per heavy atom. The largest absolute Gasteiger partial charge is 0.481 e. The van der Waals surface area contributed by atoms with Gasteiger partial charge in [0, 0.05) is 0 Å². The summed E-state index contributed by atoms with van der Waals surface area (Å²) < 4.78 is 120. The number of carbonyl (C=O) groups is 1. The van der Waals surface area contributed by atoms with E-state index in [0.29, 0.717) is 0 Å². The fourth-order valence-electron chi connectivity index (χ4n) is 0.871. The summed E-state index contributed by atoms with van der Waals surface area (Å²) >= 11 is 0. The molecule has 0 saturated heterocycles. The van der Waals surface area contributed by atoms with Gasteiger partial charge in [0.1, 0.15) is 0 Å². The Bertz CT molecular complexity index is 326. The Hall–Kier alpha value is -1.23. The molecule has 1 unspecified atom stereocenters. The van der Waals surface area contributed by atoms with Gasteiger partial charge in [-0.3, -0.25) is 4.79 Å². The Kier molecular flexibility index (Phi) is 3.87. The summed E-state index contributed by atoms with van der Waals surface area (Å²) in [5.74, 6) is -22.7. The summed E-state index contributed by atoms with van der Waals surface area (Å²) in [6.07, 6.45) is -13.5. The molecule has 0 heterocycles. The molecule has 0 radical (unpaired) electrons. The molecule has 18 heavy (non-hydrogen) atoms. The van der Waals surface area contributed by atoms with E-state index >= 15 is 0 Å². The zero-order valence-corrected chi connectivity index (χ0v) is 7.71. The zero-order chi connectivity index (χ0) is 15.2. The highest BCUT2D eigenvalue weighted by atomic mass is 19.4. The Morgan fingerprint density at radius 1 is 0.833 bits per heavy atom. The molecule has 1 atom stereocenters. The molecule has 0 aromatic carbocycles. The van der Waals surface area contributed by atoms with Crippen LogP contribution in [0.2, 0.25) is 0 Å². The van der Waals surface area contributed by atoms with Gasteiger partial charge < -0.3 is 5.11 Å². The first-order valence-corrected chi connectivity index (χ1v) is 3.68. The molecule has 0 rings (SSSR count). The summed E-state index contributed by atoms with van der Waals surface area (Å²) in [5.41, 5.74) is 0. The van der Waals surface area contributed by atoms with E-state index in [1.54, 1.807) is 0 Å². The van der Waals surface area contributed by atoms with Gasteiger partial charge in [0.15, 0.2) is 0 Å². The van der Waals surface area contributed by atoms with E-state index in [2.05, 4.69) is 0 Å². The lowest BCUT2D eigenvalue weighted by atomic mass is 9.94. The molecule has 108 valence electrons. The predicted molar refractivity (Wildman–Crippen MR) is 33.1 cm³/mol. The van der Waals surface area contributed by atoms with E-state index in [-0.39, 0.29) is 0 Å². The average Bonchev–Trinajstić information content (AvgIpc) is 1.95. The maximum absolute atomic E-state index is 12.5. The summed E-state index contributed by atoms with van der Waals surface area (Å²) in [6, 6.07) is 0. The summed E-state index contributed by atoms with van der Waals surface area (Å²) in [5, 5.41) is 7.77. The molecule has 0 saturated carbocycles. The van der Waals surface area contributed by atoms with E-state index in [0.717, 1.165) is 0 Å². The van der Waals surface area contributed by atoms with Crippen LogP contribution in [0.5, 0.6) is 0 Å². The van der Waals surface area contributed by atoms with Crippen LogP contribution in [0.4, 0.5) is 43.9 Å². The maximum atomic E-state index is 12.5. The number of hydrogen-bond acceptors (Lipinski definition) is 1. The molecule has 0 aromatic rings. The van der Waals surface area contributed by atoms with Crippen molar-refractivity contribution in [2.75, 3.05) is 0 Å². The minimum absolute atomic E-state index is 3.54. The van der Waals surface area contributed by atoms with Crippen molar-refractivity contribution in [2.24, 2.45) is 5.92 Å². The normalized spacial score (nSPS) is 16.6. The first kappa shape index (κ1) is 16.8. The van der Waals surface area contributed by atoms with Gasteiger partial charge in [-0.15, -0.1) is 0 Å². The first-order chi connectivity index (χ1) is 7.57. The van der Waals surface area contributed by atoms with Crippen LogP contribution in [0, 0.1) is 5.92 Å². The Balaban J connectivity index is 5.81. The Labute approximate surface area is 91.2 Å². The summed E-state index contributed by atoms with van der Waals surface area (Å²) in [4.78, 5) is 9.87. The third-order valence-electron chi connectivity index (χ3n) is 1.71. The highest BCUT2D eigenvalue weighted by Crippen LogP contribution is 2.53. The first-order valence-electron chi connectivity index (χ1n) is 3.68.